The third-order valence-corrected chi connectivity index (χ3v) is 4.26. The third kappa shape index (κ3) is 3.50. The summed E-state index contributed by atoms with van der Waals surface area (Å²) in [5, 5.41) is 0.777. The summed E-state index contributed by atoms with van der Waals surface area (Å²) in [5.74, 6) is 1.53. The van der Waals surface area contributed by atoms with Crippen molar-refractivity contribution in [2.75, 3.05) is 19.8 Å². The Labute approximate surface area is 114 Å². The van der Waals surface area contributed by atoms with E-state index in [1.165, 1.54) is 0 Å². The highest BCUT2D eigenvalue weighted by Crippen LogP contribution is 2.24. The van der Waals surface area contributed by atoms with E-state index in [0.717, 1.165) is 47.0 Å². The Morgan fingerprint density at radius 2 is 2.12 bits per heavy atom. The van der Waals surface area contributed by atoms with Crippen LogP contribution in [0.4, 0.5) is 0 Å². The van der Waals surface area contributed by atoms with Gasteiger partial charge in [0.15, 0.2) is 0 Å². The molecule has 4 heteroatoms. The highest BCUT2D eigenvalue weighted by molar-refractivity contribution is 14.1. The molecule has 1 heterocycles. The molecule has 16 heavy (non-hydrogen) atoms. The molecule has 1 saturated heterocycles. The van der Waals surface area contributed by atoms with Crippen molar-refractivity contribution < 1.29 is 9.47 Å². The molecular formula is C12H14ClIO2. The van der Waals surface area contributed by atoms with Crippen LogP contribution in [0.2, 0.25) is 5.02 Å². The van der Waals surface area contributed by atoms with Crippen LogP contribution >= 0.6 is 34.2 Å². The predicted molar refractivity (Wildman–Crippen MR) is 73.2 cm³/mol. The molecule has 0 atom stereocenters. The first-order valence-corrected chi connectivity index (χ1v) is 6.87. The summed E-state index contributed by atoms with van der Waals surface area (Å²) >= 11 is 8.16. The highest BCUT2D eigenvalue weighted by Gasteiger charge is 2.14. The minimum Gasteiger partial charge on any atom is -0.493 e. The molecule has 2 nitrogen and oxygen atoms in total. The summed E-state index contributed by atoms with van der Waals surface area (Å²) in [4.78, 5) is 0. The maximum absolute atomic E-state index is 5.95. The topological polar surface area (TPSA) is 18.5 Å². The van der Waals surface area contributed by atoms with E-state index >= 15 is 0 Å². The quantitative estimate of drug-likeness (QED) is 0.771. The lowest BCUT2D eigenvalue weighted by Gasteiger charge is -2.22. The van der Waals surface area contributed by atoms with Crippen LogP contribution in [0, 0.1) is 9.49 Å². The Morgan fingerprint density at radius 1 is 1.38 bits per heavy atom. The maximum Gasteiger partial charge on any atom is 0.120 e. The fourth-order valence-electron chi connectivity index (χ4n) is 1.69. The van der Waals surface area contributed by atoms with Gasteiger partial charge in [-0.15, -0.1) is 0 Å². The van der Waals surface area contributed by atoms with E-state index in [1.807, 2.05) is 18.2 Å². The van der Waals surface area contributed by atoms with Crippen molar-refractivity contribution in [2.45, 2.75) is 12.8 Å². The van der Waals surface area contributed by atoms with Crippen molar-refractivity contribution in [1.29, 1.82) is 0 Å². The molecule has 0 spiro atoms. The second-order valence-corrected chi connectivity index (χ2v) is 5.51. The summed E-state index contributed by atoms with van der Waals surface area (Å²) in [7, 11) is 0. The molecule has 0 unspecified atom stereocenters. The van der Waals surface area contributed by atoms with Crippen molar-refractivity contribution in [3.05, 3.63) is 26.8 Å². The van der Waals surface area contributed by atoms with Crippen molar-refractivity contribution >= 4 is 34.2 Å². The SMILES string of the molecule is Clc1ccc(OCC2CCOCC2)cc1I. The fraction of sp³-hybridized carbons (Fsp3) is 0.500. The van der Waals surface area contributed by atoms with Crippen LogP contribution in [0.5, 0.6) is 5.75 Å². The first kappa shape index (κ1) is 12.5. The van der Waals surface area contributed by atoms with Gasteiger partial charge in [-0.3, -0.25) is 0 Å². The summed E-state index contributed by atoms with van der Waals surface area (Å²) in [6, 6.07) is 5.77. The van der Waals surface area contributed by atoms with Gasteiger partial charge >= 0.3 is 0 Å². The highest BCUT2D eigenvalue weighted by atomic mass is 127. The third-order valence-electron chi connectivity index (χ3n) is 2.72. The van der Waals surface area contributed by atoms with Gasteiger partial charge in [0, 0.05) is 16.8 Å². The average molecular weight is 353 g/mol. The molecule has 1 aromatic carbocycles. The van der Waals surface area contributed by atoms with Crippen molar-refractivity contribution in [1.82, 2.24) is 0 Å². The van der Waals surface area contributed by atoms with Crippen LogP contribution in [0.25, 0.3) is 0 Å². The zero-order valence-corrected chi connectivity index (χ0v) is 11.8. The van der Waals surface area contributed by atoms with Crippen molar-refractivity contribution in [2.24, 2.45) is 5.92 Å². The summed E-state index contributed by atoms with van der Waals surface area (Å²) < 4.78 is 12.1. The van der Waals surface area contributed by atoms with Gasteiger partial charge < -0.3 is 9.47 Å². The van der Waals surface area contributed by atoms with Crippen LogP contribution in [0.1, 0.15) is 12.8 Å². The van der Waals surface area contributed by atoms with Gasteiger partial charge in [-0.1, -0.05) is 11.6 Å². The summed E-state index contributed by atoms with van der Waals surface area (Å²) in [6.07, 6.45) is 2.20. The summed E-state index contributed by atoms with van der Waals surface area (Å²) in [5.41, 5.74) is 0. The molecule has 1 aliphatic heterocycles. The molecule has 88 valence electrons. The molecule has 0 amide bonds. The molecule has 0 radical (unpaired) electrons. The zero-order chi connectivity index (χ0) is 11.4. The number of benzene rings is 1. The Morgan fingerprint density at radius 3 is 2.81 bits per heavy atom. The first-order chi connectivity index (χ1) is 7.75. The molecule has 1 aliphatic rings. The van der Waals surface area contributed by atoms with Gasteiger partial charge in [0.25, 0.3) is 0 Å². The van der Waals surface area contributed by atoms with Crippen LogP contribution < -0.4 is 4.74 Å². The van der Waals surface area contributed by atoms with Crippen molar-refractivity contribution in [3.63, 3.8) is 0 Å². The molecule has 0 N–H and O–H groups in total. The molecule has 0 aromatic heterocycles. The van der Waals surface area contributed by atoms with Gasteiger partial charge in [0.2, 0.25) is 0 Å². The number of hydrogen-bond donors (Lipinski definition) is 0. The Hall–Kier alpha value is -0.000000000000000111. The number of ether oxygens (including phenoxy) is 2. The van der Waals surface area contributed by atoms with Crippen molar-refractivity contribution in [3.8, 4) is 5.75 Å². The van der Waals surface area contributed by atoms with Crippen LogP contribution in [-0.2, 0) is 4.74 Å². The van der Waals surface area contributed by atoms with E-state index in [4.69, 9.17) is 21.1 Å². The number of rotatable bonds is 3. The van der Waals surface area contributed by atoms with Gasteiger partial charge in [-0.2, -0.15) is 0 Å². The first-order valence-electron chi connectivity index (χ1n) is 5.41. The number of halogens is 2. The second-order valence-electron chi connectivity index (χ2n) is 3.94. The van der Waals surface area contributed by atoms with Crippen LogP contribution in [0.15, 0.2) is 18.2 Å². The fourth-order valence-corrected chi connectivity index (χ4v) is 2.30. The van der Waals surface area contributed by atoms with Gasteiger partial charge in [0.05, 0.1) is 11.6 Å². The molecule has 0 aliphatic carbocycles. The molecule has 0 saturated carbocycles. The molecule has 0 bridgehead atoms. The van der Waals surface area contributed by atoms with E-state index in [9.17, 15) is 0 Å². The van der Waals surface area contributed by atoms with Gasteiger partial charge in [-0.05, 0) is 59.5 Å². The lowest BCUT2D eigenvalue weighted by molar-refractivity contribution is 0.0497. The molecule has 1 aromatic rings. The van der Waals surface area contributed by atoms with Gasteiger partial charge in [0.1, 0.15) is 5.75 Å². The van der Waals surface area contributed by atoms with Crippen LogP contribution in [0.3, 0.4) is 0 Å². The second kappa shape index (κ2) is 6.07. The lowest BCUT2D eigenvalue weighted by Crippen LogP contribution is -2.21. The van der Waals surface area contributed by atoms with E-state index in [2.05, 4.69) is 22.6 Å². The Bertz CT molecular complexity index is 351. The van der Waals surface area contributed by atoms with E-state index < -0.39 is 0 Å². The molecule has 1 fully saturated rings. The van der Waals surface area contributed by atoms with Gasteiger partial charge in [-0.25, -0.2) is 0 Å². The smallest absolute Gasteiger partial charge is 0.120 e. The van der Waals surface area contributed by atoms with E-state index in [1.54, 1.807) is 0 Å². The minimum absolute atomic E-state index is 0.627. The number of hydrogen-bond acceptors (Lipinski definition) is 2. The lowest BCUT2D eigenvalue weighted by atomic mass is 10.0. The maximum atomic E-state index is 5.95. The summed E-state index contributed by atoms with van der Waals surface area (Å²) in [6.45, 7) is 2.51. The van der Waals surface area contributed by atoms with E-state index in [-0.39, 0.29) is 0 Å². The molecule has 2 rings (SSSR count). The monoisotopic (exact) mass is 352 g/mol. The minimum atomic E-state index is 0.627. The van der Waals surface area contributed by atoms with Crippen LogP contribution in [-0.4, -0.2) is 19.8 Å². The predicted octanol–water partition coefficient (Wildman–Crippen LogP) is 3.75. The Balaban J connectivity index is 1.86. The normalized spacial score (nSPS) is 17.4. The standard InChI is InChI=1S/C12H14ClIO2/c13-11-2-1-10(7-12(11)14)16-8-9-3-5-15-6-4-9/h1-2,7,9H,3-6,8H2. The zero-order valence-electron chi connectivity index (χ0n) is 8.92. The Kier molecular flexibility index (Phi) is 4.73. The largest absolute Gasteiger partial charge is 0.493 e. The van der Waals surface area contributed by atoms with E-state index in [0.29, 0.717) is 5.92 Å². The average Bonchev–Trinajstić information content (AvgIpc) is 2.32. The molecular weight excluding hydrogens is 338 g/mol.